The normalized spacial score (nSPS) is 12.3. The molecule has 12 heavy (non-hydrogen) atoms. The van der Waals surface area contributed by atoms with Gasteiger partial charge in [0, 0.05) is 13.0 Å². The Labute approximate surface area is 70.4 Å². The Kier molecular flexibility index (Phi) is 3.23. The molecule has 0 bridgehead atoms. The standard InChI is InChI=1S/C7H10N4O/c1-6(4-8)9-3-2-7-10-5-12-11-7/h5-6,9H,2-3H2,1H3. The smallest absolute Gasteiger partial charge is 0.213 e. The van der Waals surface area contributed by atoms with E-state index in [-0.39, 0.29) is 6.04 Å². The largest absolute Gasteiger partial charge is 0.343 e. The zero-order chi connectivity index (χ0) is 8.81. The molecule has 0 saturated heterocycles. The lowest BCUT2D eigenvalue weighted by Crippen LogP contribution is -2.26. The summed E-state index contributed by atoms with van der Waals surface area (Å²) in [6.45, 7) is 2.49. The maximum absolute atomic E-state index is 8.43. The molecule has 1 heterocycles. The summed E-state index contributed by atoms with van der Waals surface area (Å²) in [6.07, 6.45) is 1.98. The average Bonchev–Trinajstić information content (AvgIpc) is 2.57. The number of rotatable bonds is 4. The van der Waals surface area contributed by atoms with Gasteiger partial charge < -0.3 is 9.84 Å². The Morgan fingerprint density at radius 1 is 1.83 bits per heavy atom. The predicted molar refractivity (Wildman–Crippen MR) is 41.1 cm³/mol. The summed E-state index contributed by atoms with van der Waals surface area (Å²) in [7, 11) is 0. The van der Waals surface area contributed by atoms with Crippen LogP contribution in [0, 0.1) is 11.3 Å². The van der Waals surface area contributed by atoms with Gasteiger partial charge in [-0.15, -0.1) is 0 Å². The Morgan fingerprint density at radius 2 is 2.67 bits per heavy atom. The van der Waals surface area contributed by atoms with E-state index in [1.54, 1.807) is 6.92 Å². The summed E-state index contributed by atoms with van der Waals surface area (Å²) >= 11 is 0. The molecular formula is C7H10N4O. The molecule has 0 fully saturated rings. The summed E-state index contributed by atoms with van der Waals surface area (Å²) in [4.78, 5) is 3.84. The number of hydrogen-bond acceptors (Lipinski definition) is 5. The van der Waals surface area contributed by atoms with Gasteiger partial charge in [0.05, 0.1) is 12.1 Å². The lowest BCUT2D eigenvalue weighted by atomic mass is 10.3. The minimum atomic E-state index is -0.128. The van der Waals surface area contributed by atoms with Gasteiger partial charge in [0.25, 0.3) is 0 Å². The molecule has 0 aliphatic heterocycles. The van der Waals surface area contributed by atoms with Gasteiger partial charge in [0.2, 0.25) is 6.39 Å². The van der Waals surface area contributed by atoms with Crippen LogP contribution >= 0.6 is 0 Å². The van der Waals surface area contributed by atoms with Crippen LogP contribution in [0.2, 0.25) is 0 Å². The number of nitrogens with one attached hydrogen (secondary N) is 1. The molecule has 1 N–H and O–H groups in total. The first-order valence-corrected chi connectivity index (χ1v) is 3.71. The Balaban J connectivity index is 2.16. The quantitative estimate of drug-likeness (QED) is 0.687. The maximum atomic E-state index is 8.43. The second-order valence-electron chi connectivity index (χ2n) is 2.40. The molecule has 0 spiro atoms. The van der Waals surface area contributed by atoms with Crippen molar-refractivity contribution < 1.29 is 4.52 Å². The third-order valence-electron chi connectivity index (χ3n) is 1.40. The van der Waals surface area contributed by atoms with Crippen LogP contribution in [0.3, 0.4) is 0 Å². The number of nitriles is 1. The van der Waals surface area contributed by atoms with Crippen molar-refractivity contribution in [2.45, 2.75) is 19.4 Å². The fourth-order valence-corrected chi connectivity index (χ4v) is 0.749. The highest BCUT2D eigenvalue weighted by atomic mass is 16.5. The summed E-state index contributed by atoms with van der Waals surface area (Å²) in [5, 5.41) is 15.0. The van der Waals surface area contributed by atoms with Gasteiger partial charge in [-0.3, -0.25) is 0 Å². The van der Waals surface area contributed by atoms with Crippen LogP contribution in [0.1, 0.15) is 12.7 Å². The predicted octanol–water partition coefficient (Wildman–Crippen LogP) is 0.114. The highest BCUT2D eigenvalue weighted by molar-refractivity contribution is 4.87. The van der Waals surface area contributed by atoms with Gasteiger partial charge in [0.15, 0.2) is 5.82 Å². The molecule has 1 aromatic rings. The minimum absolute atomic E-state index is 0.128. The van der Waals surface area contributed by atoms with Crippen molar-refractivity contribution in [1.82, 2.24) is 15.5 Å². The Morgan fingerprint density at radius 3 is 3.25 bits per heavy atom. The van der Waals surface area contributed by atoms with E-state index in [1.807, 2.05) is 0 Å². The number of nitrogens with zero attached hydrogens (tertiary/aromatic N) is 3. The van der Waals surface area contributed by atoms with Crippen LogP contribution in [0.15, 0.2) is 10.9 Å². The van der Waals surface area contributed by atoms with Gasteiger partial charge in [-0.2, -0.15) is 10.2 Å². The van der Waals surface area contributed by atoms with Crippen LogP contribution in [0.5, 0.6) is 0 Å². The van der Waals surface area contributed by atoms with Crippen LogP contribution in [-0.2, 0) is 6.42 Å². The monoisotopic (exact) mass is 166 g/mol. The summed E-state index contributed by atoms with van der Waals surface area (Å²) < 4.78 is 4.54. The van der Waals surface area contributed by atoms with Crippen molar-refractivity contribution in [3.63, 3.8) is 0 Å². The van der Waals surface area contributed by atoms with Gasteiger partial charge in [0.1, 0.15) is 0 Å². The first-order chi connectivity index (χ1) is 5.83. The van der Waals surface area contributed by atoms with E-state index in [9.17, 15) is 0 Å². The summed E-state index contributed by atoms with van der Waals surface area (Å²) in [5.74, 6) is 0.660. The first-order valence-electron chi connectivity index (χ1n) is 3.71. The zero-order valence-electron chi connectivity index (χ0n) is 6.82. The van der Waals surface area contributed by atoms with E-state index < -0.39 is 0 Å². The second kappa shape index (κ2) is 4.46. The fourth-order valence-electron chi connectivity index (χ4n) is 0.749. The molecule has 0 aromatic carbocycles. The van der Waals surface area contributed by atoms with Crippen LogP contribution < -0.4 is 5.32 Å². The lowest BCUT2D eigenvalue weighted by molar-refractivity contribution is 0.409. The van der Waals surface area contributed by atoms with Crippen molar-refractivity contribution >= 4 is 0 Å². The molecule has 64 valence electrons. The fraction of sp³-hybridized carbons (Fsp3) is 0.571. The molecule has 0 radical (unpaired) electrons. The van der Waals surface area contributed by atoms with E-state index in [4.69, 9.17) is 5.26 Å². The van der Waals surface area contributed by atoms with Crippen molar-refractivity contribution in [2.75, 3.05) is 6.54 Å². The molecule has 0 aliphatic rings. The van der Waals surface area contributed by atoms with Crippen LogP contribution in [0.4, 0.5) is 0 Å². The molecule has 0 amide bonds. The number of aromatic nitrogens is 2. The van der Waals surface area contributed by atoms with E-state index in [0.29, 0.717) is 18.8 Å². The molecule has 5 nitrogen and oxygen atoms in total. The molecule has 0 aliphatic carbocycles. The topological polar surface area (TPSA) is 74.7 Å². The maximum Gasteiger partial charge on any atom is 0.213 e. The molecule has 5 heteroatoms. The third kappa shape index (κ3) is 2.68. The third-order valence-corrected chi connectivity index (χ3v) is 1.40. The molecule has 1 rings (SSSR count). The van der Waals surface area contributed by atoms with Crippen LogP contribution in [0.25, 0.3) is 0 Å². The SMILES string of the molecule is CC(C#N)NCCc1ncon1. The summed E-state index contributed by atoms with van der Waals surface area (Å²) in [6, 6.07) is 1.94. The Hall–Kier alpha value is -1.41. The van der Waals surface area contributed by atoms with Crippen molar-refractivity contribution in [2.24, 2.45) is 0 Å². The van der Waals surface area contributed by atoms with Gasteiger partial charge in [-0.1, -0.05) is 5.16 Å². The second-order valence-corrected chi connectivity index (χ2v) is 2.40. The van der Waals surface area contributed by atoms with Crippen molar-refractivity contribution in [3.8, 4) is 6.07 Å². The van der Waals surface area contributed by atoms with Crippen molar-refractivity contribution in [3.05, 3.63) is 12.2 Å². The highest BCUT2D eigenvalue weighted by Gasteiger charge is 2.00. The van der Waals surface area contributed by atoms with Crippen LogP contribution in [-0.4, -0.2) is 22.7 Å². The lowest BCUT2D eigenvalue weighted by Gasteiger charge is -2.02. The highest BCUT2D eigenvalue weighted by Crippen LogP contribution is 1.88. The molecule has 1 aromatic heterocycles. The van der Waals surface area contributed by atoms with Gasteiger partial charge in [-0.05, 0) is 6.92 Å². The van der Waals surface area contributed by atoms with E-state index in [1.165, 1.54) is 6.39 Å². The molecule has 0 saturated carbocycles. The Bertz CT molecular complexity index is 251. The average molecular weight is 166 g/mol. The molecule has 1 atom stereocenters. The number of hydrogen-bond donors (Lipinski definition) is 1. The van der Waals surface area contributed by atoms with E-state index in [0.717, 1.165) is 0 Å². The molecular weight excluding hydrogens is 156 g/mol. The van der Waals surface area contributed by atoms with Gasteiger partial charge >= 0.3 is 0 Å². The zero-order valence-corrected chi connectivity index (χ0v) is 6.82. The van der Waals surface area contributed by atoms with Crippen molar-refractivity contribution in [1.29, 1.82) is 5.26 Å². The minimum Gasteiger partial charge on any atom is -0.343 e. The van der Waals surface area contributed by atoms with Gasteiger partial charge in [-0.25, -0.2) is 0 Å². The summed E-state index contributed by atoms with van der Waals surface area (Å²) in [5.41, 5.74) is 0. The van der Waals surface area contributed by atoms with E-state index in [2.05, 4.69) is 26.0 Å². The first kappa shape index (κ1) is 8.68. The molecule has 1 unspecified atom stereocenters. The van der Waals surface area contributed by atoms with E-state index >= 15 is 0 Å².